The summed E-state index contributed by atoms with van der Waals surface area (Å²) in [6.45, 7) is 0.455. The van der Waals surface area contributed by atoms with Crippen LogP contribution >= 0.6 is 0 Å². The summed E-state index contributed by atoms with van der Waals surface area (Å²) in [5, 5.41) is 4.14. The van der Waals surface area contributed by atoms with Gasteiger partial charge in [0.15, 0.2) is 13.6 Å². The lowest BCUT2D eigenvalue weighted by molar-refractivity contribution is -0.288. The van der Waals surface area contributed by atoms with Gasteiger partial charge in [-0.3, -0.25) is 0 Å². The summed E-state index contributed by atoms with van der Waals surface area (Å²) >= 11 is 0. The fourth-order valence-corrected chi connectivity index (χ4v) is 1.65. The van der Waals surface area contributed by atoms with Crippen molar-refractivity contribution in [2.45, 2.75) is 6.41 Å². The van der Waals surface area contributed by atoms with Crippen molar-refractivity contribution in [2.75, 3.05) is 18.9 Å². The number of anilines is 1. The van der Waals surface area contributed by atoms with Crippen LogP contribution in [0, 0.1) is 0 Å². The number of nitrogens with zero attached hydrogens (tertiary/aromatic N) is 1. The minimum absolute atomic E-state index is 0.227. The number of pyridine rings is 1. The maximum absolute atomic E-state index is 5.20. The van der Waals surface area contributed by atoms with E-state index in [1.54, 1.807) is 0 Å². The largest absolute Gasteiger partial charge is 0.329 e. The Morgan fingerprint density at radius 1 is 1.06 bits per heavy atom. The Hall–Kier alpha value is -1.69. The highest BCUT2D eigenvalue weighted by molar-refractivity contribution is 5.79. The number of ether oxygens (including phenoxy) is 3. The van der Waals surface area contributed by atoms with Crippen molar-refractivity contribution in [1.82, 2.24) is 4.98 Å². The third-order valence-corrected chi connectivity index (χ3v) is 2.47. The zero-order valence-electron chi connectivity index (χ0n) is 9.13. The maximum Gasteiger partial charge on any atom is 0.243 e. The second-order valence-electron chi connectivity index (χ2n) is 3.64. The lowest BCUT2D eigenvalue weighted by atomic mass is 10.2. The van der Waals surface area contributed by atoms with E-state index in [0.29, 0.717) is 0 Å². The van der Waals surface area contributed by atoms with Gasteiger partial charge in [-0.1, -0.05) is 18.2 Å². The van der Waals surface area contributed by atoms with Gasteiger partial charge in [0.2, 0.25) is 6.41 Å². The van der Waals surface area contributed by atoms with Gasteiger partial charge < -0.3 is 19.5 Å². The average Bonchev–Trinajstić information content (AvgIpc) is 2.40. The molecule has 0 amide bonds. The number of aromatic nitrogens is 1. The first-order valence-electron chi connectivity index (χ1n) is 5.35. The van der Waals surface area contributed by atoms with Crippen LogP contribution in [-0.4, -0.2) is 25.0 Å². The molecule has 2 aromatic rings. The SMILES string of the molecule is c1ccc2nc(NC3OCOCO3)ccc2c1. The molecule has 3 rings (SSSR count). The first kappa shape index (κ1) is 10.5. The van der Waals surface area contributed by atoms with E-state index in [0.717, 1.165) is 16.7 Å². The number of nitrogens with one attached hydrogen (secondary N) is 1. The van der Waals surface area contributed by atoms with E-state index < -0.39 is 6.41 Å². The number of hydrogen-bond donors (Lipinski definition) is 1. The summed E-state index contributed by atoms with van der Waals surface area (Å²) in [5.74, 6) is 0.718. The Balaban J connectivity index is 1.80. The van der Waals surface area contributed by atoms with Crippen LogP contribution in [0.3, 0.4) is 0 Å². The molecule has 0 spiro atoms. The van der Waals surface area contributed by atoms with E-state index in [-0.39, 0.29) is 13.6 Å². The van der Waals surface area contributed by atoms with Crippen molar-refractivity contribution in [3.05, 3.63) is 36.4 Å². The van der Waals surface area contributed by atoms with Gasteiger partial charge in [0.25, 0.3) is 0 Å². The topological polar surface area (TPSA) is 52.6 Å². The summed E-state index contributed by atoms with van der Waals surface area (Å²) in [6.07, 6.45) is -0.502. The Labute approximate surface area is 98.3 Å². The molecule has 0 atom stereocenters. The van der Waals surface area contributed by atoms with Gasteiger partial charge in [0.05, 0.1) is 5.52 Å². The number of para-hydroxylation sites is 1. The predicted octanol–water partition coefficient (Wildman–Crippen LogP) is 1.91. The van der Waals surface area contributed by atoms with Crippen molar-refractivity contribution in [3.8, 4) is 0 Å². The molecule has 1 fully saturated rings. The van der Waals surface area contributed by atoms with Gasteiger partial charge in [-0.2, -0.15) is 0 Å². The van der Waals surface area contributed by atoms with Crippen molar-refractivity contribution in [2.24, 2.45) is 0 Å². The average molecular weight is 232 g/mol. The highest BCUT2D eigenvalue weighted by Crippen LogP contribution is 2.16. The van der Waals surface area contributed by atoms with E-state index in [1.807, 2.05) is 36.4 Å². The third kappa shape index (κ3) is 2.36. The standard InChI is InChI=1S/C12H12N2O3/c1-2-4-10-9(3-1)5-6-11(13-10)14-12-16-7-15-8-17-12/h1-6,12H,7-8H2,(H,13,14). The lowest BCUT2D eigenvalue weighted by Crippen LogP contribution is -2.33. The van der Waals surface area contributed by atoms with E-state index in [2.05, 4.69) is 10.3 Å². The van der Waals surface area contributed by atoms with Gasteiger partial charge in [-0.25, -0.2) is 4.98 Å². The van der Waals surface area contributed by atoms with Gasteiger partial charge in [0, 0.05) is 5.39 Å². The Morgan fingerprint density at radius 3 is 2.76 bits per heavy atom. The molecule has 1 aromatic carbocycles. The van der Waals surface area contributed by atoms with E-state index in [9.17, 15) is 0 Å². The van der Waals surface area contributed by atoms with Crippen LogP contribution < -0.4 is 5.32 Å². The van der Waals surface area contributed by atoms with Gasteiger partial charge in [-0.15, -0.1) is 0 Å². The highest BCUT2D eigenvalue weighted by Gasteiger charge is 2.14. The molecule has 5 nitrogen and oxygen atoms in total. The van der Waals surface area contributed by atoms with Crippen LogP contribution in [0.15, 0.2) is 36.4 Å². The fraction of sp³-hybridized carbons (Fsp3) is 0.250. The molecular formula is C12H12N2O3. The van der Waals surface area contributed by atoms with Crippen LogP contribution in [0.4, 0.5) is 5.82 Å². The molecule has 0 radical (unpaired) electrons. The zero-order valence-corrected chi connectivity index (χ0v) is 9.13. The Bertz CT molecular complexity index is 512. The van der Waals surface area contributed by atoms with Crippen molar-refractivity contribution >= 4 is 16.7 Å². The Morgan fingerprint density at radius 2 is 1.88 bits per heavy atom. The molecular weight excluding hydrogens is 220 g/mol. The van der Waals surface area contributed by atoms with Crippen molar-refractivity contribution < 1.29 is 14.2 Å². The normalized spacial score (nSPS) is 17.2. The van der Waals surface area contributed by atoms with Crippen LogP contribution in [0.25, 0.3) is 10.9 Å². The van der Waals surface area contributed by atoms with E-state index in [4.69, 9.17) is 14.2 Å². The minimum Gasteiger partial charge on any atom is -0.329 e. The smallest absolute Gasteiger partial charge is 0.243 e. The molecule has 0 saturated carbocycles. The first-order valence-corrected chi connectivity index (χ1v) is 5.35. The molecule has 5 heteroatoms. The van der Waals surface area contributed by atoms with Crippen LogP contribution in [0.5, 0.6) is 0 Å². The predicted molar refractivity (Wildman–Crippen MR) is 62.1 cm³/mol. The van der Waals surface area contributed by atoms with Crippen LogP contribution in [-0.2, 0) is 14.2 Å². The number of fused-ring (bicyclic) bond motifs is 1. The van der Waals surface area contributed by atoms with Gasteiger partial charge in [0.1, 0.15) is 5.82 Å². The second kappa shape index (κ2) is 4.67. The molecule has 1 aliphatic rings. The van der Waals surface area contributed by atoms with Crippen molar-refractivity contribution in [1.29, 1.82) is 0 Å². The van der Waals surface area contributed by atoms with E-state index >= 15 is 0 Å². The number of hydrogen-bond acceptors (Lipinski definition) is 5. The molecule has 1 N–H and O–H groups in total. The van der Waals surface area contributed by atoms with Crippen LogP contribution in [0.1, 0.15) is 0 Å². The summed E-state index contributed by atoms with van der Waals surface area (Å²) in [4.78, 5) is 4.46. The first-order chi connectivity index (χ1) is 8.42. The summed E-state index contributed by atoms with van der Waals surface area (Å²) < 4.78 is 15.3. The van der Waals surface area contributed by atoms with Gasteiger partial charge >= 0.3 is 0 Å². The molecule has 88 valence electrons. The molecule has 0 unspecified atom stereocenters. The molecule has 1 saturated heterocycles. The maximum atomic E-state index is 5.20. The second-order valence-corrected chi connectivity index (χ2v) is 3.64. The number of benzene rings is 1. The lowest BCUT2D eigenvalue weighted by Gasteiger charge is -2.24. The quantitative estimate of drug-likeness (QED) is 0.857. The fourth-order valence-electron chi connectivity index (χ4n) is 1.65. The van der Waals surface area contributed by atoms with Crippen molar-refractivity contribution in [3.63, 3.8) is 0 Å². The summed E-state index contributed by atoms with van der Waals surface area (Å²) in [5.41, 5.74) is 0.935. The Kier molecular flexibility index (Phi) is 2.87. The minimum atomic E-state index is -0.502. The summed E-state index contributed by atoms with van der Waals surface area (Å²) in [7, 11) is 0. The molecule has 0 bridgehead atoms. The molecule has 1 aliphatic heterocycles. The molecule has 0 aliphatic carbocycles. The summed E-state index contributed by atoms with van der Waals surface area (Å²) in [6, 6.07) is 11.8. The molecule has 17 heavy (non-hydrogen) atoms. The molecule has 2 heterocycles. The number of rotatable bonds is 2. The van der Waals surface area contributed by atoms with Gasteiger partial charge in [-0.05, 0) is 18.2 Å². The van der Waals surface area contributed by atoms with Crippen LogP contribution in [0.2, 0.25) is 0 Å². The zero-order chi connectivity index (χ0) is 11.5. The molecule has 1 aromatic heterocycles. The van der Waals surface area contributed by atoms with E-state index in [1.165, 1.54) is 0 Å². The third-order valence-electron chi connectivity index (χ3n) is 2.47. The monoisotopic (exact) mass is 232 g/mol. The highest BCUT2D eigenvalue weighted by atomic mass is 16.9.